The second-order valence-electron chi connectivity index (χ2n) is 18.1. The van der Waals surface area contributed by atoms with Gasteiger partial charge >= 0.3 is 18.1 Å². The molecule has 19 nitrogen and oxygen atoms in total. The number of nitrogens with one attached hydrogen (secondary N) is 2. The van der Waals surface area contributed by atoms with Gasteiger partial charge in [0.25, 0.3) is 19.6 Å². The topological polar surface area (TPSA) is 205 Å². The van der Waals surface area contributed by atoms with Crippen LogP contribution in [0.1, 0.15) is 80.8 Å². The molecule has 2 unspecified atom stereocenters. The molecular weight excluding hydrogens is 1000 g/mol. The van der Waals surface area contributed by atoms with Gasteiger partial charge in [-0.15, -0.1) is 6.58 Å². The number of hydrogen-bond donors (Lipinski definition) is 2. The molecule has 2 N–H and O–H groups in total. The molecule has 0 spiro atoms. The number of rotatable bonds is 24. The molecule has 0 saturated carbocycles. The summed E-state index contributed by atoms with van der Waals surface area (Å²) in [5.74, 6) is 1.30. The van der Waals surface area contributed by atoms with E-state index < -0.39 is 80.2 Å². The fourth-order valence-electron chi connectivity index (χ4n) is 8.96. The smallest absolute Gasteiger partial charge is 0.330 e. The van der Waals surface area contributed by atoms with E-state index in [0.29, 0.717) is 22.6 Å². The van der Waals surface area contributed by atoms with Crippen LogP contribution in [0.5, 0.6) is 11.5 Å². The summed E-state index contributed by atoms with van der Waals surface area (Å²) in [6, 6.07) is 24.9. The molecule has 4 heterocycles. The molecule has 5 aromatic rings. The summed E-state index contributed by atoms with van der Waals surface area (Å²) in [5, 5.41) is 0. The van der Waals surface area contributed by atoms with Gasteiger partial charge in [-0.1, -0.05) is 60.7 Å². The van der Waals surface area contributed by atoms with Gasteiger partial charge in [0.2, 0.25) is 0 Å². The van der Waals surface area contributed by atoms with E-state index in [-0.39, 0.29) is 44.7 Å². The number of H-pyrrole nitrogens is 2. The van der Waals surface area contributed by atoms with E-state index in [1.807, 2.05) is 107 Å². The quantitative estimate of drug-likeness (QED) is 0.0349. The zero-order chi connectivity index (χ0) is 52.6. The first-order valence-electron chi connectivity index (χ1n) is 23.8. The summed E-state index contributed by atoms with van der Waals surface area (Å²) < 4.78 is 68.7. The molecular formula is C51H65N5O14P2S. The number of hydrogen-bond acceptors (Lipinski definition) is 16. The highest BCUT2D eigenvalue weighted by Gasteiger charge is 2.47. The minimum Gasteiger partial charge on any atom is -0.497 e. The average molecular weight is 1070 g/mol. The molecule has 2 fully saturated rings. The van der Waals surface area contributed by atoms with Crippen molar-refractivity contribution >= 4 is 27.1 Å². The van der Waals surface area contributed by atoms with Gasteiger partial charge < -0.3 is 46.3 Å². The molecule has 2 aromatic heterocycles. The fraction of sp³-hybridized carbons (Fsp3) is 0.451. The Labute approximate surface area is 430 Å². The van der Waals surface area contributed by atoms with Crippen molar-refractivity contribution in [2.75, 3.05) is 41.2 Å². The van der Waals surface area contributed by atoms with Gasteiger partial charge in [-0.25, -0.2) is 14.3 Å². The van der Waals surface area contributed by atoms with Crippen LogP contribution in [-0.2, 0) is 54.2 Å². The number of methoxy groups -OCH3 is 2. The maximum absolute atomic E-state index is 13.4. The normalized spacial score (nSPS) is 21.4. The highest BCUT2D eigenvalue weighted by Crippen LogP contribution is 2.55. The van der Waals surface area contributed by atoms with Gasteiger partial charge in [0.05, 0.1) is 46.2 Å². The number of aromatic nitrogens is 4. The van der Waals surface area contributed by atoms with Crippen molar-refractivity contribution in [3.63, 3.8) is 0 Å². The van der Waals surface area contributed by atoms with Crippen LogP contribution < -0.4 is 32.0 Å². The Bertz CT molecular complexity index is 2880. The highest BCUT2D eigenvalue weighted by molar-refractivity contribution is 8.07. The molecule has 73 heavy (non-hydrogen) atoms. The zero-order valence-corrected chi connectivity index (χ0v) is 45.1. The lowest BCUT2D eigenvalue weighted by molar-refractivity contribution is -0.0938. The summed E-state index contributed by atoms with van der Waals surface area (Å²) >= 11 is 6.13. The first-order valence-corrected chi connectivity index (χ1v) is 27.5. The van der Waals surface area contributed by atoms with Crippen molar-refractivity contribution in [3.8, 4) is 11.5 Å². The predicted octanol–water partition coefficient (Wildman–Crippen LogP) is 7.51. The Balaban J connectivity index is 1.23. The van der Waals surface area contributed by atoms with Crippen LogP contribution in [0, 0.1) is 13.8 Å². The first-order chi connectivity index (χ1) is 34.9. The van der Waals surface area contributed by atoms with Crippen molar-refractivity contribution in [1.29, 1.82) is 0 Å². The lowest BCUT2D eigenvalue weighted by atomic mass is 9.80. The van der Waals surface area contributed by atoms with Crippen LogP contribution in [0.25, 0.3) is 0 Å². The summed E-state index contributed by atoms with van der Waals surface area (Å²) in [6.07, 6.45) is -0.504. The van der Waals surface area contributed by atoms with Gasteiger partial charge in [-0.05, 0) is 94.3 Å². The van der Waals surface area contributed by atoms with Crippen molar-refractivity contribution < 1.29 is 46.3 Å². The molecule has 0 amide bonds. The van der Waals surface area contributed by atoms with Crippen LogP contribution in [0.3, 0.4) is 0 Å². The molecule has 8 atom stereocenters. The number of aryl methyl sites for hydroxylation is 2. The third-order valence-electron chi connectivity index (χ3n) is 12.6. The lowest BCUT2D eigenvalue weighted by Gasteiger charge is -2.37. The number of aromatic amines is 2. The molecule has 394 valence electrons. The van der Waals surface area contributed by atoms with Crippen LogP contribution in [0.15, 0.2) is 123 Å². The van der Waals surface area contributed by atoms with Crippen LogP contribution in [-0.4, -0.2) is 101 Å². The monoisotopic (exact) mass is 1070 g/mol. The van der Waals surface area contributed by atoms with E-state index in [9.17, 15) is 19.2 Å². The maximum atomic E-state index is 13.4. The van der Waals surface area contributed by atoms with Gasteiger partial charge in [-0.2, -0.15) is 0 Å². The highest BCUT2D eigenvalue weighted by atomic mass is 32.5. The molecule has 22 heteroatoms. The molecule has 0 radical (unpaired) electrons. The van der Waals surface area contributed by atoms with Gasteiger partial charge in [0.1, 0.15) is 41.8 Å². The molecule has 2 aliphatic heterocycles. The second kappa shape index (κ2) is 24.6. The van der Waals surface area contributed by atoms with Crippen molar-refractivity contribution in [2.45, 2.75) is 109 Å². The standard InChI is InChI=1S/C51H65N5O14P2S/c1-11-25-65-71(56(32(2)3)33(4)5)69-41-26-45(54-28-34(6)47(57)52-49(54)59)68-44(41)31-66-72(73,63-10)70-42-27-46(55-29-35(7)48(58)53-50(55)60)67-43(42)30-64-51(36-15-13-12-14-16-36,37-17-21-39(61-8)22-18-37)38-19-23-40(62-9)24-20-38/h11-24,28-29,32-33,41-46H,1,25-27,30-31H2,2-10H3,(H,52,57,59)(H,53,58,60)/t41-,42-,43+,44+,45+,46+,71?,72?/m0/s1. The minimum absolute atomic E-state index is 0.0249. The Kier molecular flexibility index (Phi) is 18.8. The van der Waals surface area contributed by atoms with Crippen LogP contribution in [0.4, 0.5) is 0 Å². The number of benzene rings is 3. The zero-order valence-electron chi connectivity index (χ0n) is 42.5. The van der Waals surface area contributed by atoms with Gasteiger partial charge in [0, 0.05) is 55.6 Å². The Morgan fingerprint density at radius 1 is 0.753 bits per heavy atom. The summed E-state index contributed by atoms with van der Waals surface area (Å²) in [5.41, 5.74) is -0.692. The molecule has 7 rings (SSSR count). The second-order valence-corrected chi connectivity index (χ2v) is 22.6. The van der Waals surface area contributed by atoms with Gasteiger partial charge in [0.15, 0.2) is 0 Å². The van der Waals surface area contributed by atoms with E-state index in [0.717, 1.165) is 16.7 Å². The predicted molar refractivity (Wildman–Crippen MR) is 280 cm³/mol. The Hall–Kier alpha value is -4.92. The minimum atomic E-state index is -3.76. The third kappa shape index (κ3) is 12.8. The molecule has 0 bridgehead atoms. The molecule has 0 aliphatic carbocycles. The number of nitrogens with zero attached hydrogens (tertiary/aromatic N) is 3. The summed E-state index contributed by atoms with van der Waals surface area (Å²) in [7, 11) is 2.87. The maximum Gasteiger partial charge on any atom is 0.330 e. The van der Waals surface area contributed by atoms with Crippen molar-refractivity contribution in [1.82, 2.24) is 23.8 Å². The molecule has 2 saturated heterocycles. The Morgan fingerprint density at radius 3 is 1.70 bits per heavy atom. The first kappa shape index (κ1) is 55.8. The van der Waals surface area contributed by atoms with Gasteiger partial charge in [-0.3, -0.25) is 28.7 Å². The van der Waals surface area contributed by atoms with Crippen LogP contribution >= 0.6 is 15.2 Å². The Morgan fingerprint density at radius 2 is 1.23 bits per heavy atom. The number of ether oxygens (including phenoxy) is 5. The van der Waals surface area contributed by atoms with Crippen molar-refractivity contribution in [3.05, 3.63) is 173 Å². The van der Waals surface area contributed by atoms with E-state index in [4.69, 9.17) is 58.1 Å². The average Bonchev–Trinajstić information content (AvgIpc) is 3.98. The van der Waals surface area contributed by atoms with E-state index in [1.54, 1.807) is 34.1 Å². The van der Waals surface area contributed by atoms with E-state index in [2.05, 4.69) is 21.2 Å². The SMILES string of the molecule is C=CCOP(O[C@H]1C[C@H](n2cc(C)c(=O)[nH]c2=O)O[C@@H]1COP(=S)(OC)O[C@H]1C[C@H](n2cc(C)c(=O)[nH]c2=O)O[C@@H]1COC(c1ccccc1)(c1ccc(OC)cc1)c1ccc(OC)cc1)N(C(C)C)C(C)C. The van der Waals surface area contributed by atoms with Crippen LogP contribution in [0.2, 0.25) is 0 Å². The van der Waals surface area contributed by atoms with Crippen molar-refractivity contribution in [2.24, 2.45) is 0 Å². The van der Waals surface area contributed by atoms with E-state index >= 15 is 0 Å². The van der Waals surface area contributed by atoms with E-state index in [1.165, 1.54) is 28.6 Å². The molecule has 2 aliphatic rings. The fourth-order valence-corrected chi connectivity index (χ4v) is 12.4. The lowest BCUT2D eigenvalue weighted by Crippen LogP contribution is -2.38. The summed E-state index contributed by atoms with van der Waals surface area (Å²) in [4.78, 5) is 56.3. The largest absolute Gasteiger partial charge is 0.497 e. The molecule has 3 aromatic carbocycles. The third-order valence-corrected chi connectivity index (χ3v) is 17.2. The summed E-state index contributed by atoms with van der Waals surface area (Å²) in [6.45, 7) is 11.3.